The first-order valence-corrected chi connectivity index (χ1v) is 7.86. The van der Waals surface area contributed by atoms with E-state index >= 15 is 0 Å². The van der Waals surface area contributed by atoms with Gasteiger partial charge in [-0.05, 0) is 36.8 Å². The summed E-state index contributed by atoms with van der Waals surface area (Å²) in [5.74, 6) is 0.780. The zero-order chi connectivity index (χ0) is 15.2. The average molecular weight is 297 g/mol. The molecular formula is C17H19N3S. The number of hydrogen-bond acceptors (Lipinski definition) is 4. The van der Waals surface area contributed by atoms with Crippen molar-refractivity contribution in [3.05, 3.63) is 53.7 Å². The summed E-state index contributed by atoms with van der Waals surface area (Å²) in [6, 6.07) is 14.4. The van der Waals surface area contributed by atoms with Gasteiger partial charge in [0.25, 0.3) is 0 Å². The first-order valence-electron chi connectivity index (χ1n) is 6.98. The first kappa shape index (κ1) is 15.4. The van der Waals surface area contributed by atoms with Crippen LogP contribution < -0.4 is 5.32 Å². The molecule has 1 heterocycles. The predicted octanol–water partition coefficient (Wildman–Crippen LogP) is 4.63. The van der Waals surface area contributed by atoms with Gasteiger partial charge in [0.05, 0.1) is 5.56 Å². The van der Waals surface area contributed by atoms with Crippen LogP contribution in [0.1, 0.15) is 37.9 Å². The molecule has 0 amide bonds. The lowest BCUT2D eigenvalue weighted by Crippen LogP contribution is -2.07. The van der Waals surface area contributed by atoms with Crippen LogP contribution in [0.2, 0.25) is 0 Å². The van der Waals surface area contributed by atoms with Crippen molar-refractivity contribution < 1.29 is 0 Å². The van der Waals surface area contributed by atoms with Crippen molar-refractivity contribution in [3.8, 4) is 6.07 Å². The van der Waals surface area contributed by atoms with Gasteiger partial charge in [-0.3, -0.25) is 0 Å². The smallest absolute Gasteiger partial charge is 0.126 e. The van der Waals surface area contributed by atoms with Gasteiger partial charge in [-0.25, -0.2) is 4.98 Å². The molecule has 1 atom stereocenters. The van der Waals surface area contributed by atoms with Gasteiger partial charge in [-0.1, -0.05) is 26.0 Å². The van der Waals surface area contributed by atoms with Crippen LogP contribution in [0, 0.1) is 11.3 Å². The van der Waals surface area contributed by atoms with E-state index in [0.29, 0.717) is 10.8 Å². The van der Waals surface area contributed by atoms with Gasteiger partial charge in [0.2, 0.25) is 0 Å². The van der Waals surface area contributed by atoms with Gasteiger partial charge >= 0.3 is 0 Å². The fourth-order valence-electron chi connectivity index (χ4n) is 1.96. The van der Waals surface area contributed by atoms with Crippen LogP contribution in [-0.2, 0) is 0 Å². The molecule has 2 aromatic rings. The van der Waals surface area contributed by atoms with Crippen LogP contribution in [0.4, 0.5) is 5.82 Å². The molecule has 0 aliphatic carbocycles. The number of nitrogens with one attached hydrogen (secondary N) is 1. The molecule has 108 valence electrons. The molecule has 0 saturated carbocycles. The predicted molar refractivity (Wildman–Crippen MR) is 88.4 cm³/mol. The van der Waals surface area contributed by atoms with Crippen molar-refractivity contribution in [2.24, 2.45) is 0 Å². The lowest BCUT2D eigenvalue weighted by Gasteiger charge is -2.15. The minimum atomic E-state index is 0.170. The van der Waals surface area contributed by atoms with Gasteiger partial charge in [0, 0.05) is 22.4 Å². The van der Waals surface area contributed by atoms with Gasteiger partial charge in [0.15, 0.2) is 0 Å². The molecule has 0 fully saturated rings. The molecule has 0 radical (unpaired) electrons. The molecule has 0 spiro atoms. The molecule has 1 aromatic heterocycles. The first-order chi connectivity index (χ1) is 10.1. The number of benzene rings is 1. The van der Waals surface area contributed by atoms with E-state index in [1.165, 1.54) is 10.5 Å². The molecule has 0 saturated heterocycles. The summed E-state index contributed by atoms with van der Waals surface area (Å²) in [6.45, 7) is 6.49. The minimum absolute atomic E-state index is 0.170. The molecule has 0 aliphatic rings. The molecule has 0 bridgehead atoms. The van der Waals surface area contributed by atoms with E-state index < -0.39 is 0 Å². The van der Waals surface area contributed by atoms with E-state index in [1.807, 2.05) is 17.8 Å². The summed E-state index contributed by atoms with van der Waals surface area (Å²) < 4.78 is 0. The number of hydrogen-bond donors (Lipinski definition) is 1. The summed E-state index contributed by atoms with van der Waals surface area (Å²) in [4.78, 5) is 5.52. The largest absolute Gasteiger partial charge is 0.364 e. The molecule has 1 aromatic carbocycles. The van der Waals surface area contributed by atoms with Crippen LogP contribution >= 0.6 is 11.8 Å². The third kappa shape index (κ3) is 4.51. The molecule has 3 nitrogen and oxygen atoms in total. The highest BCUT2D eigenvalue weighted by molar-refractivity contribution is 7.99. The molecule has 1 N–H and O–H groups in total. The quantitative estimate of drug-likeness (QED) is 0.818. The molecule has 0 aliphatic heterocycles. The Morgan fingerprint density at radius 2 is 1.81 bits per heavy atom. The number of rotatable bonds is 5. The van der Waals surface area contributed by atoms with E-state index in [1.54, 1.807) is 12.3 Å². The topological polar surface area (TPSA) is 48.7 Å². The molecule has 1 unspecified atom stereocenters. The zero-order valence-electron chi connectivity index (χ0n) is 12.5. The van der Waals surface area contributed by atoms with E-state index in [4.69, 9.17) is 5.26 Å². The van der Waals surface area contributed by atoms with Crippen molar-refractivity contribution >= 4 is 17.6 Å². The van der Waals surface area contributed by atoms with Crippen molar-refractivity contribution in [3.63, 3.8) is 0 Å². The maximum Gasteiger partial charge on any atom is 0.126 e. The van der Waals surface area contributed by atoms with Gasteiger partial charge < -0.3 is 5.32 Å². The Balaban J connectivity index is 2.02. The summed E-state index contributed by atoms with van der Waals surface area (Å²) >= 11 is 1.86. The zero-order valence-corrected chi connectivity index (χ0v) is 13.3. The summed E-state index contributed by atoms with van der Waals surface area (Å²) in [5, 5.41) is 12.7. The lowest BCUT2D eigenvalue weighted by molar-refractivity contribution is 0.872. The highest BCUT2D eigenvalue weighted by Gasteiger charge is 2.07. The summed E-state index contributed by atoms with van der Waals surface area (Å²) in [6.07, 6.45) is 1.58. The third-order valence-corrected chi connectivity index (χ3v) is 4.02. The van der Waals surface area contributed by atoms with E-state index in [-0.39, 0.29) is 6.04 Å². The van der Waals surface area contributed by atoms with Gasteiger partial charge in [-0.2, -0.15) is 5.26 Å². The van der Waals surface area contributed by atoms with Crippen LogP contribution in [0.5, 0.6) is 0 Å². The maximum absolute atomic E-state index is 8.76. The van der Waals surface area contributed by atoms with Crippen LogP contribution in [0.15, 0.2) is 47.5 Å². The number of nitrogens with zero attached hydrogens (tertiary/aromatic N) is 2. The van der Waals surface area contributed by atoms with E-state index in [9.17, 15) is 0 Å². The SMILES string of the molecule is CC(C)Sc1ccc(C(C)Nc2ccc(C#N)cn2)cc1. The Bertz CT molecular complexity index is 612. The Labute approximate surface area is 130 Å². The van der Waals surface area contributed by atoms with Crippen LogP contribution in [0.25, 0.3) is 0 Å². The Morgan fingerprint density at radius 3 is 2.33 bits per heavy atom. The van der Waals surface area contributed by atoms with E-state index in [2.05, 4.69) is 61.4 Å². The fourth-order valence-corrected chi connectivity index (χ4v) is 2.80. The maximum atomic E-state index is 8.76. The molecule has 2 rings (SSSR count). The lowest BCUT2D eigenvalue weighted by atomic mass is 10.1. The average Bonchev–Trinajstić information content (AvgIpc) is 2.48. The summed E-state index contributed by atoms with van der Waals surface area (Å²) in [7, 11) is 0. The molecular weight excluding hydrogens is 278 g/mol. The van der Waals surface area contributed by atoms with Crippen molar-refractivity contribution in [1.29, 1.82) is 5.26 Å². The van der Waals surface area contributed by atoms with Crippen molar-refractivity contribution in [2.75, 3.05) is 5.32 Å². The number of aromatic nitrogens is 1. The van der Waals surface area contributed by atoms with Crippen molar-refractivity contribution in [2.45, 2.75) is 37.0 Å². The monoisotopic (exact) mass is 297 g/mol. The standard InChI is InChI=1S/C17H19N3S/c1-12(2)21-16-7-5-15(6-8-16)13(3)20-17-9-4-14(10-18)11-19-17/h4-9,11-13H,1-3H3,(H,19,20). The number of nitriles is 1. The third-order valence-electron chi connectivity index (χ3n) is 3.01. The highest BCUT2D eigenvalue weighted by atomic mass is 32.2. The minimum Gasteiger partial charge on any atom is -0.364 e. The van der Waals surface area contributed by atoms with Gasteiger partial charge in [0.1, 0.15) is 11.9 Å². The number of thioether (sulfide) groups is 1. The Hall–Kier alpha value is -1.99. The Morgan fingerprint density at radius 1 is 1.10 bits per heavy atom. The fraction of sp³-hybridized carbons (Fsp3) is 0.294. The van der Waals surface area contributed by atoms with Gasteiger partial charge in [-0.15, -0.1) is 11.8 Å². The van der Waals surface area contributed by atoms with E-state index in [0.717, 1.165) is 5.82 Å². The number of anilines is 1. The normalized spacial score (nSPS) is 12.0. The number of pyridine rings is 1. The second-order valence-corrected chi connectivity index (χ2v) is 6.80. The molecule has 4 heteroatoms. The second kappa shape index (κ2) is 7.14. The highest BCUT2D eigenvalue weighted by Crippen LogP contribution is 2.25. The summed E-state index contributed by atoms with van der Waals surface area (Å²) in [5.41, 5.74) is 1.79. The van der Waals surface area contributed by atoms with Crippen LogP contribution in [0.3, 0.4) is 0 Å². The molecule has 21 heavy (non-hydrogen) atoms. The van der Waals surface area contributed by atoms with Crippen molar-refractivity contribution in [1.82, 2.24) is 4.98 Å². The second-order valence-electron chi connectivity index (χ2n) is 5.15. The Kier molecular flexibility index (Phi) is 5.24. The van der Waals surface area contributed by atoms with Crippen LogP contribution in [-0.4, -0.2) is 10.2 Å².